The number of carbonyl (C=O) groups excluding carboxylic acids is 1. The molecule has 140 valence electrons. The Hall–Kier alpha value is -2.47. The first kappa shape index (κ1) is 19.8. The summed E-state index contributed by atoms with van der Waals surface area (Å²) in [6.07, 6.45) is 0.811. The number of hydrogen-bond donors (Lipinski definition) is 1. The number of halogens is 2. The predicted octanol–water partition coefficient (Wildman–Crippen LogP) is 4.93. The van der Waals surface area contributed by atoms with Crippen molar-refractivity contribution in [3.05, 3.63) is 46.7 Å². The molecule has 5 nitrogen and oxygen atoms in total. The van der Waals surface area contributed by atoms with E-state index in [1.807, 2.05) is 6.92 Å². The molecule has 0 saturated carbocycles. The molecule has 0 radical (unpaired) electrons. The molecule has 1 amide bonds. The molecule has 0 bridgehead atoms. The van der Waals surface area contributed by atoms with Gasteiger partial charge in [0.1, 0.15) is 0 Å². The highest BCUT2D eigenvalue weighted by Gasteiger charge is 2.16. The molecule has 0 aliphatic rings. The molecule has 0 saturated heterocycles. The second-order valence-electron chi connectivity index (χ2n) is 5.37. The van der Waals surface area contributed by atoms with Crippen molar-refractivity contribution in [3.8, 4) is 17.2 Å². The van der Waals surface area contributed by atoms with E-state index in [1.165, 1.54) is 31.4 Å². The van der Waals surface area contributed by atoms with E-state index in [2.05, 4.69) is 5.32 Å². The Labute approximate surface area is 157 Å². The van der Waals surface area contributed by atoms with Crippen LogP contribution in [0.2, 0.25) is 5.02 Å². The fourth-order valence-corrected chi connectivity index (χ4v) is 2.51. The van der Waals surface area contributed by atoms with Crippen LogP contribution < -0.4 is 19.5 Å². The fourth-order valence-electron chi connectivity index (χ4n) is 2.25. The number of methoxy groups -OCH3 is 1. The Morgan fingerprint density at radius 3 is 2.54 bits per heavy atom. The molecule has 0 heterocycles. The number of anilines is 1. The van der Waals surface area contributed by atoms with Crippen molar-refractivity contribution in [2.75, 3.05) is 25.6 Å². The maximum atomic E-state index is 13.9. The summed E-state index contributed by atoms with van der Waals surface area (Å²) in [5.74, 6) is -0.124. The van der Waals surface area contributed by atoms with E-state index in [0.29, 0.717) is 30.4 Å². The van der Waals surface area contributed by atoms with E-state index in [9.17, 15) is 9.18 Å². The summed E-state index contributed by atoms with van der Waals surface area (Å²) in [6, 6.07) is 7.22. The molecule has 7 heteroatoms. The van der Waals surface area contributed by atoms with Gasteiger partial charge in [0.05, 0.1) is 25.3 Å². The summed E-state index contributed by atoms with van der Waals surface area (Å²) in [4.78, 5) is 12.5. The lowest BCUT2D eigenvalue weighted by atomic mass is 10.1. The number of carbonyl (C=O) groups is 1. The van der Waals surface area contributed by atoms with Gasteiger partial charge >= 0.3 is 0 Å². The lowest BCUT2D eigenvalue weighted by molar-refractivity contribution is 0.102. The molecule has 1 N–H and O–H groups in total. The summed E-state index contributed by atoms with van der Waals surface area (Å²) >= 11 is 6.22. The third kappa shape index (κ3) is 4.79. The van der Waals surface area contributed by atoms with Gasteiger partial charge in [-0.15, -0.1) is 0 Å². The smallest absolute Gasteiger partial charge is 0.255 e. The second kappa shape index (κ2) is 9.29. The van der Waals surface area contributed by atoms with Gasteiger partial charge in [-0.1, -0.05) is 18.5 Å². The Morgan fingerprint density at radius 2 is 1.92 bits per heavy atom. The molecule has 0 aliphatic heterocycles. The van der Waals surface area contributed by atoms with Gasteiger partial charge in [-0.3, -0.25) is 4.79 Å². The molecule has 0 fully saturated rings. The van der Waals surface area contributed by atoms with E-state index in [0.717, 1.165) is 6.42 Å². The second-order valence-corrected chi connectivity index (χ2v) is 5.78. The highest BCUT2D eigenvalue weighted by Crippen LogP contribution is 2.36. The summed E-state index contributed by atoms with van der Waals surface area (Å²) < 4.78 is 29.9. The lowest BCUT2D eigenvalue weighted by Crippen LogP contribution is -2.13. The largest absolute Gasteiger partial charge is 0.493 e. The van der Waals surface area contributed by atoms with E-state index in [-0.39, 0.29) is 16.3 Å². The van der Waals surface area contributed by atoms with Gasteiger partial charge in [0.15, 0.2) is 23.1 Å². The molecule has 0 atom stereocenters. The number of ether oxygens (including phenoxy) is 3. The van der Waals surface area contributed by atoms with Crippen molar-refractivity contribution in [1.29, 1.82) is 0 Å². The quantitative estimate of drug-likeness (QED) is 0.704. The Balaban J connectivity index is 2.21. The van der Waals surface area contributed by atoms with Gasteiger partial charge in [0.25, 0.3) is 5.91 Å². The first-order valence-corrected chi connectivity index (χ1v) is 8.61. The molecular weight excluding hydrogens is 361 g/mol. The minimum absolute atomic E-state index is 0.132. The minimum atomic E-state index is -0.552. The van der Waals surface area contributed by atoms with Crippen molar-refractivity contribution < 1.29 is 23.4 Å². The van der Waals surface area contributed by atoms with Crippen LogP contribution in [0.15, 0.2) is 30.3 Å². The maximum Gasteiger partial charge on any atom is 0.255 e. The zero-order valence-electron chi connectivity index (χ0n) is 14.9. The first-order valence-electron chi connectivity index (χ1n) is 8.24. The lowest BCUT2D eigenvalue weighted by Gasteiger charge is -2.14. The van der Waals surface area contributed by atoms with Crippen molar-refractivity contribution in [1.82, 2.24) is 0 Å². The molecule has 0 spiro atoms. The molecule has 2 aromatic rings. The van der Waals surface area contributed by atoms with Gasteiger partial charge in [0, 0.05) is 17.3 Å². The summed E-state index contributed by atoms with van der Waals surface area (Å²) in [5.41, 5.74) is 0.572. The number of benzene rings is 2. The molecule has 26 heavy (non-hydrogen) atoms. The van der Waals surface area contributed by atoms with Crippen molar-refractivity contribution in [2.24, 2.45) is 0 Å². The summed E-state index contributed by atoms with van der Waals surface area (Å²) in [5, 5.41) is 2.88. The number of nitrogens with one attached hydrogen (secondary N) is 1. The Morgan fingerprint density at radius 1 is 1.15 bits per heavy atom. The first-order chi connectivity index (χ1) is 12.5. The zero-order chi connectivity index (χ0) is 19.1. The van der Waals surface area contributed by atoms with Crippen molar-refractivity contribution in [3.63, 3.8) is 0 Å². The highest BCUT2D eigenvalue weighted by atomic mass is 35.5. The molecule has 2 rings (SSSR count). The van der Waals surface area contributed by atoms with Crippen LogP contribution in [0.25, 0.3) is 0 Å². The fraction of sp³-hybridized carbons (Fsp3) is 0.316. The normalized spacial score (nSPS) is 10.3. The van der Waals surface area contributed by atoms with Crippen LogP contribution in [0.5, 0.6) is 17.2 Å². The SMILES string of the molecule is CCCOc1c(Cl)cc(C(=O)Nc2ccc(OCC)c(F)c2)cc1OC. The van der Waals surface area contributed by atoms with Gasteiger partial charge in [-0.25, -0.2) is 4.39 Å². The summed E-state index contributed by atoms with van der Waals surface area (Å²) in [6.45, 7) is 4.57. The maximum absolute atomic E-state index is 13.9. The van der Waals surface area contributed by atoms with Crippen LogP contribution in [0.4, 0.5) is 10.1 Å². The number of amides is 1. The van der Waals surface area contributed by atoms with Crippen molar-refractivity contribution >= 4 is 23.2 Å². The third-order valence-corrected chi connectivity index (χ3v) is 3.71. The van der Waals surface area contributed by atoms with Crippen LogP contribution in [0.1, 0.15) is 30.6 Å². The summed E-state index contributed by atoms with van der Waals surface area (Å²) in [7, 11) is 1.47. The predicted molar refractivity (Wildman–Crippen MR) is 99.3 cm³/mol. The van der Waals surface area contributed by atoms with Crippen LogP contribution >= 0.6 is 11.6 Å². The van der Waals surface area contributed by atoms with Crippen LogP contribution in [0, 0.1) is 5.82 Å². The van der Waals surface area contributed by atoms with E-state index >= 15 is 0 Å². The number of hydrogen-bond acceptors (Lipinski definition) is 4. The monoisotopic (exact) mass is 381 g/mol. The average molecular weight is 382 g/mol. The highest BCUT2D eigenvalue weighted by molar-refractivity contribution is 6.32. The van der Waals surface area contributed by atoms with Crippen LogP contribution in [-0.2, 0) is 0 Å². The molecule has 2 aromatic carbocycles. The van der Waals surface area contributed by atoms with E-state index in [1.54, 1.807) is 13.0 Å². The standard InChI is InChI=1S/C19H21ClFNO4/c1-4-8-26-18-14(20)9-12(10-17(18)24-3)19(23)22-13-6-7-16(25-5-2)15(21)11-13/h6-7,9-11H,4-5,8H2,1-3H3,(H,22,23). The van der Waals surface area contributed by atoms with E-state index < -0.39 is 11.7 Å². The third-order valence-electron chi connectivity index (χ3n) is 3.43. The van der Waals surface area contributed by atoms with Crippen LogP contribution in [0.3, 0.4) is 0 Å². The molecular formula is C19H21ClFNO4. The molecule has 0 unspecified atom stereocenters. The van der Waals surface area contributed by atoms with Gasteiger partial charge in [-0.2, -0.15) is 0 Å². The Kier molecular flexibility index (Phi) is 7.09. The topological polar surface area (TPSA) is 56.8 Å². The van der Waals surface area contributed by atoms with Gasteiger partial charge in [0.2, 0.25) is 0 Å². The van der Waals surface area contributed by atoms with Gasteiger partial charge < -0.3 is 19.5 Å². The van der Waals surface area contributed by atoms with Crippen LogP contribution in [-0.4, -0.2) is 26.2 Å². The average Bonchev–Trinajstić information content (AvgIpc) is 2.62. The van der Waals surface area contributed by atoms with E-state index in [4.69, 9.17) is 25.8 Å². The molecule has 0 aromatic heterocycles. The minimum Gasteiger partial charge on any atom is -0.493 e. The van der Waals surface area contributed by atoms with Crippen molar-refractivity contribution in [2.45, 2.75) is 20.3 Å². The van der Waals surface area contributed by atoms with Gasteiger partial charge in [-0.05, 0) is 37.6 Å². The zero-order valence-corrected chi connectivity index (χ0v) is 15.7. The molecule has 0 aliphatic carbocycles. The number of rotatable bonds is 8. The Bertz CT molecular complexity index is 782.